The van der Waals surface area contributed by atoms with Crippen LogP contribution in [-0.2, 0) is 0 Å². The summed E-state index contributed by atoms with van der Waals surface area (Å²) in [5.41, 5.74) is -0.601. The van der Waals surface area contributed by atoms with Gasteiger partial charge in [0.2, 0.25) is 0 Å². The number of aromatic carboxylic acids is 3. The molecule has 1 unspecified atom stereocenters. The average molecular weight is 407 g/mol. The molecule has 0 bridgehead atoms. The standard InChI is InChI=1S/C18H18NO8P/c1-10-6-4-8-12(14(10)17(22)23)26-28(3,19-2)27-13-9-5-7-11(16(20)21)15(13)18(24)25/h4-9H,1-3H3,(H,20,21)(H,22,23)(H,24,25). The van der Waals surface area contributed by atoms with Crippen LogP contribution in [0.2, 0.25) is 0 Å². The van der Waals surface area contributed by atoms with Crippen molar-refractivity contribution >= 4 is 25.4 Å². The van der Waals surface area contributed by atoms with Crippen LogP contribution in [-0.4, -0.2) is 46.9 Å². The minimum absolute atomic E-state index is 0.0141. The van der Waals surface area contributed by atoms with E-state index in [0.29, 0.717) is 5.56 Å². The van der Waals surface area contributed by atoms with Gasteiger partial charge in [-0.1, -0.05) is 18.2 Å². The number of hydrogen-bond acceptors (Lipinski definition) is 6. The zero-order chi connectivity index (χ0) is 21.1. The van der Waals surface area contributed by atoms with E-state index in [0.717, 1.165) is 6.07 Å². The predicted molar refractivity (Wildman–Crippen MR) is 101 cm³/mol. The van der Waals surface area contributed by atoms with Crippen molar-refractivity contribution in [3.63, 3.8) is 0 Å². The van der Waals surface area contributed by atoms with E-state index in [1.54, 1.807) is 19.1 Å². The highest BCUT2D eigenvalue weighted by Gasteiger charge is 2.27. The van der Waals surface area contributed by atoms with Gasteiger partial charge >= 0.3 is 25.4 Å². The summed E-state index contributed by atoms with van der Waals surface area (Å²) in [6.45, 7) is 3.06. The van der Waals surface area contributed by atoms with Crippen LogP contribution < -0.4 is 9.05 Å². The van der Waals surface area contributed by atoms with E-state index in [-0.39, 0.29) is 17.1 Å². The van der Waals surface area contributed by atoms with E-state index in [1.165, 1.54) is 31.9 Å². The van der Waals surface area contributed by atoms with Crippen molar-refractivity contribution in [3.05, 3.63) is 58.7 Å². The lowest BCUT2D eigenvalue weighted by Gasteiger charge is -2.23. The molecule has 0 saturated carbocycles. The normalized spacial score (nSPS) is 12.5. The first-order chi connectivity index (χ1) is 13.1. The number of benzene rings is 2. The fraction of sp³-hybridized carbons (Fsp3) is 0.167. The van der Waals surface area contributed by atoms with E-state index >= 15 is 0 Å². The molecule has 0 spiro atoms. The fourth-order valence-corrected chi connectivity index (χ4v) is 3.70. The van der Waals surface area contributed by atoms with Gasteiger partial charge in [0.1, 0.15) is 22.6 Å². The van der Waals surface area contributed by atoms with E-state index in [4.69, 9.17) is 9.05 Å². The number of nitrogens with zero attached hydrogens (tertiary/aromatic N) is 1. The van der Waals surface area contributed by atoms with Gasteiger partial charge in [0, 0.05) is 13.7 Å². The Hall–Kier alpha value is -3.32. The number of carboxylic acid groups (broad SMARTS) is 3. The highest BCUT2D eigenvalue weighted by atomic mass is 31.2. The van der Waals surface area contributed by atoms with Crippen molar-refractivity contribution in [2.75, 3.05) is 13.7 Å². The average Bonchev–Trinajstić information content (AvgIpc) is 2.60. The summed E-state index contributed by atoms with van der Waals surface area (Å²) in [6, 6.07) is 8.41. The van der Waals surface area contributed by atoms with Crippen LogP contribution in [0.3, 0.4) is 0 Å². The van der Waals surface area contributed by atoms with Crippen molar-refractivity contribution in [2.24, 2.45) is 4.74 Å². The van der Waals surface area contributed by atoms with Gasteiger partial charge in [-0.2, -0.15) is 0 Å². The topological polar surface area (TPSA) is 143 Å². The van der Waals surface area contributed by atoms with E-state index < -0.39 is 36.5 Å². The van der Waals surface area contributed by atoms with Gasteiger partial charge in [-0.3, -0.25) is 0 Å². The number of carbonyl (C=O) groups is 3. The Morgan fingerprint density at radius 2 is 1.36 bits per heavy atom. The third-order valence-electron chi connectivity index (χ3n) is 3.82. The Morgan fingerprint density at radius 3 is 1.82 bits per heavy atom. The Balaban J connectivity index is 2.53. The molecule has 3 N–H and O–H groups in total. The molecule has 0 aromatic heterocycles. The molecule has 0 aliphatic heterocycles. The number of aryl methyl sites for hydroxylation is 1. The van der Waals surface area contributed by atoms with Crippen LogP contribution in [0, 0.1) is 6.92 Å². The first-order valence-electron chi connectivity index (χ1n) is 7.89. The third-order valence-corrected chi connectivity index (χ3v) is 5.62. The maximum atomic E-state index is 11.6. The van der Waals surface area contributed by atoms with Crippen molar-refractivity contribution in [1.82, 2.24) is 0 Å². The number of carboxylic acids is 3. The van der Waals surface area contributed by atoms with E-state index in [2.05, 4.69) is 4.74 Å². The zero-order valence-electron chi connectivity index (χ0n) is 15.2. The summed E-state index contributed by atoms with van der Waals surface area (Å²) in [6.07, 6.45) is 0. The second-order valence-electron chi connectivity index (χ2n) is 5.73. The van der Waals surface area contributed by atoms with Crippen molar-refractivity contribution in [2.45, 2.75) is 6.92 Å². The van der Waals surface area contributed by atoms with Crippen LogP contribution in [0.25, 0.3) is 0 Å². The lowest BCUT2D eigenvalue weighted by molar-refractivity contribution is 0.0649. The summed E-state index contributed by atoms with van der Waals surface area (Å²) < 4.78 is 15.5. The summed E-state index contributed by atoms with van der Waals surface area (Å²) in [5, 5.41) is 28.1. The summed E-state index contributed by atoms with van der Waals surface area (Å²) >= 11 is 0. The minimum atomic E-state index is -3.19. The van der Waals surface area contributed by atoms with Gasteiger partial charge in [0.25, 0.3) is 0 Å². The molecule has 1 atom stereocenters. The first-order valence-corrected chi connectivity index (χ1v) is 9.91. The Kier molecular flexibility index (Phi) is 6.10. The van der Waals surface area contributed by atoms with Crippen LogP contribution in [0.15, 0.2) is 41.1 Å². The van der Waals surface area contributed by atoms with Gasteiger partial charge < -0.3 is 24.4 Å². The lowest BCUT2D eigenvalue weighted by Crippen LogP contribution is -2.12. The van der Waals surface area contributed by atoms with Crippen LogP contribution >= 0.6 is 7.51 Å². The molecule has 0 saturated heterocycles. The molecule has 9 nitrogen and oxygen atoms in total. The van der Waals surface area contributed by atoms with Crippen molar-refractivity contribution in [1.29, 1.82) is 0 Å². The summed E-state index contributed by atoms with van der Waals surface area (Å²) in [7, 11) is -1.81. The smallest absolute Gasteiger partial charge is 0.340 e. The number of rotatable bonds is 7. The largest absolute Gasteiger partial charge is 0.478 e. The maximum absolute atomic E-state index is 11.6. The SMILES string of the molecule is CN=P(C)(Oc1cccc(C)c1C(=O)O)Oc1cccc(C(=O)O)c1C(=O)O. The van der Waals surface area contributed by atoms with Gasteiger partial charge in [0.05, 0.1) is 5.56 Å². The molecule has 10 heteroatoms. The Morgan fingerprint density at radius 1 is 0.857 bits per heavy atom. The Labute approximate surface area is 160 Å². The molecule has 0 aliphatic rings. The molecule has 2 rings (SSSR count). The highest BCUT2D eigenvalue weighted by molar-refractivity contribution is 7.56. The molecule has 28 heavy (non-hydrogen) atoms. The van der Waals surface area contributed by atoms with Gasteiger partial charge in [-0.15, -0.1) is 0 Å². The summed E-state index contributed by atoms with van der Waals surface area (Å²) in [5.74, 6) is -4.34. The van der Waals surface area contributed by atoms with Gasteiger partial charge in [0.15, 0.2) is 0 Å². The molecular weight excluding hydrogens is 389 g/mol. The summed E-state index contributed by atoms with van der Waals surface area (Å²) in [4.78, 5) is 34.5. The first kappa shape index (κ1) is 21.0. The number of hydrogen-bond donors (Lipinski definition) is 3. The highest BCUT2D eigenvalue weighted by Crippen LogP contribution is 2.50. The quantitative estimate of drug-likeness (QED) is 0.588. The minimum Gasteiger partial charge on any atom is -0.478 e. The zero-order valence-corrected chi connectivity index (χ0v) is 16.1. The van der Waals surface area contributed by atoms with Crippen LogP contribution in [0.5, 0.6) is 11.5 Å². The molecule has 2 aromatic carbocycles. The molecule has 2 aromatic rings. The van der Waals surface area contributed by atoms with Gasteiger partial charge in [-0.25, -0.2) is 19.1 Å². The predicted octanol–water partition coefficient (Wildman–Crippen LogP) is 3.84. The fourth-order valence-electron chi connectivity index (χ4n) is 2.46. The molecule has 0 aliphatic carbocycles. The molecular formula is C18H18NO8P. The van der Waals surface area contributed by atoms with E-state index in [1.807, 2.05) is 0 Å². The third kappa shape index (κ3) is 4.32. The molecule has 148 valence electrons. The van der Waals surface area contributed by atoms with Crippen LogP contribution in [0.1, 0.15) is 36.6 Å². The maximum Gasteiger partial charge on any atom is 0.340 e. The second kappa shape index (κ2) is 8.14. The second-order valence-corrected chi connectivity index (χ2v) is 8.10. The van der Waals surface area contributed by atoms with Crippen LogP contribution in [0.4, 0.5) is 0 Å². The molecule has 0 fully saturated rings. The van der Waals surface area contributed by atoms with E-state index in [9.17, 15) is 29.7 Å². The van der Waals surface area contributed by atoms with Gasteiger partial charge in [-0.05, 0) is 30.7 Å². The molecule has 0 heterocycles. The molecule has 0 radical (unpaired) electrons. The molecule has 0 amide bonds. The van der Waals surface area contributed by atoms with Crippen molar-refractivity contribution < 1.29 is 38.8 Å². The lowest BCUT2D eigenvalue weighted by atomic mass is 10.1. The monoisotopic (exact) mass is 407 g/mol. The van der Waals surface area contributed by atoms with Crippen molar-refractivity contribution in [3.8, 4) is 11.5 Å². The Bertz CT molecular complexity index is 1010.